The fourth-order valence-corrected chi connectivity index (χ4v) is 1.96. The summed E-state index contributed by atoms with van der Waals surface area (Å²) in [5.74, 6) is -0.826. The second kappa shape index (κ2) is 8.32. The molecule has 2 N–H and O–H groups in total. The molecular weight excluding hydrogens is 256 g/mol. The Hall–Kier alpha value is -1.88. The van der Waals surface area contributed by atoms with Crippen molar-refractivity contribution < 1.29 is 14.7 Å². The minimum Gasteiger partial charge on any atom is -0.481 e. The lowest BCUT2D eigenvalue weighted by Crippen LogP contribution is -2.42. The van der Waals surface area contributed by atoms with Crippen LogP contribution < -0.4 is 10.2 Å². The molecule has 1 rings (SSSR count). The number of anilines is 1. The predicted octanol–water partition coefficient (Wildman–Crippen LogP) is 1.88. The van der Waals surface area contributed by atoms with Crippen LogP contribution in [0, 0.1) is 0 Å². The van der Waals surface area contributed by atoms with Crippen LogP contribution >= 0.6 is 0 Å². The van der Waals surface area contributed by atoms with Gasteiger partial charge in [0.25, 0.3) is 0 Å². The van der Waals surface area contributed by atoms with Crippen molar-refractivity contribution in [3.63, 3.8) is 0 Å². The Bertz CT molecular complexity index is 432. The molecule has 1 aromatic rings. The summed E-state index contributed by atoms with van der Waals surface area (Å²) in [7, 11) is 0. The number of amides is 1. The Morgan fingerprint density at radius 2 is 1.90 bits per heavy atom. The number of aliphatic carboxylic acids is 1. The molecule has 0 spiro atoms. The van der Waals surface area contributed by atoms with Gasteiger partial charge in [0.15, 0.2) is 0 Å². The highest BCUT2D eigenvalue weighted by Gasteiger charge is 2.17. The Morgan fingerprint density at radius 1 is 1.25 bits per heavy atom. The van der Waals surface area contributed by atoms with Crippen LogP contribution in [0.15, 0.2) is 30.3 Å². The average Bonchev–Trinajstić information content (AvgIpc) is 2.39. The normalized spacial score (nSPS) is 10.6. The van der Waals surface area contributed by atoms with E-state index >= 15 is 0 Å². The molecule has 110 valence electrons. The topological polar surface area (TPSA) is 69.6 Å². The summed E-state index contributed by atoms with van der Waals surface area (Å²) in [6.07, 6.45) is 0.642. The Labute approximate surface area is 119 Å². The zero-order chi connectivity index (χ0) is 15.0. The summed E-state index contributed by atoms with van der Waals surface area (Å²) in [5, 5.41) is 11.5. The van der Waals surface area contributed by atoms with E-state index in [0.717, 1.165) is 5.69 Å². The highest BCUT2D eigenvalue weighted by molar-refractivity contribution is 5.95. The maximum absolute atomic E-state index is 12.2. The minimum absolute atomic E-state index is 0.0125. The maximum atomic E-state index is 12.2. The molecule has 0 aliphatic heterocycles. The minimum atomic E-state index is -0.814. The number of nitrogens with zero attached hydrogens (tertiary/aromatic N) is 1. The molecule has 0 heterocycles. The molecule has 0 aliphatic rings. The number of nitrogens with one attached hydrogen (secondary N) is 1. The number of carboxylic acid groups (broad SMARTS) is 1. The third kappa shape index (κ3) is 5.40. The molecule has 0 fully saturated rings. The molecule has 0 saturated heterocycles. The fourth-order valence-electron chi connectivity index (χ4n) is 1.96. The van der Waals surface area contributed by atoms with Gasteiger partial charge in [-0.05, 0) is 38.9 Å². The largest absolute Gasteiger partial charge is 0.481 e. The van der Waals surface area contributed by atoms with E-state index in [-0.39, 0.29) is 24.9 Å². The summed E-state index contributed by atoms with van der Waals surface area (Å²) in [4.78, 5) is 24.3. The van der Waals surface area contributed by atoms with Crippen molar-refractivity contribution >= 4 is 17.6 Å². The highest BCUT2D eigenvalue weighted by atomic mass is 16.4. The van der Waals surface area contributed by atoms with Crippen LogP contribution in [0.2, 0.25) is 0 Å². The van der Waals surface area contributed by atoms with Crippen molar-refractivity contribution in [3.05, 3.63) is 30.3 Å². The first-order valence-corrected chi connectivity index (χ1v) is 6.82. The van der Waals surface area contributed by atoms with Gasteiger partial charge in [-0.15, -0.1) is 0 Å². The smallest absolute Gasteiger partial charge is 0.303 e. The van der Waals surface area contributed by atoms with Crippen LogP contribution in [-0.4, -0.2) is 36.1 Å². The van der Waals surface area contributed by atoms with Gasteiger partial charge in [0.05, 0.1) is 6.54 Å². The van der Waals surface area contributed by atoms with Crippen LogP contribution in [0.1, 0.15) is 26.7 Å². The van der Waals surface area contributed by atoms with E-state index < -0.39 is 5.97 Å². The molecule has 0 unspecified atom stereocenters. The standard InChI is InChI=1S/C15H22N2O3/c1-12(2)17(13-7-4-3-5-8-13)14(18)11-16-10-6-9-15(19)20/h3-5,7-8,12,16H,6,9-11H2,1-2H3,(H,19,20). The summed E-state index contributed by atoms with van der Waals surface area (Å²) >= 11 is 0. The predicted molar refractivity (Wildman–Crippen MR) is 78.8 cm³/mol. The lowest BCUT2D eigenvalue weighted by Gasteiger charge is -2.27. The maximum Gasteiger partial charge on any atom is 0.303 e. The van der Waals surface area contributed by atoms with Crippen molar-refractivity contribution in [2.45, 2.75) is 32.7 Å². The Kier molecular flexibility index (Phi) is 6.73. The molecule has 0 aromatic heterocycles. The van der Waals surface area contributed by atoms with Crippen molar-refractivity contribution in [2.75, 3.05) is 18.0 Å². The van der Waals surface area contributed by atoms with E-state index in [2.05, 4.69) is 5.32 Å². The van der Waals surface area contributed by atoms with Gasteiger partial charge in [0, 0.05) is 18.2 Å². The van der Waals surface area contributed by atoms with E-state index in [1.165, 1.54) is 0 Å². The lowest BCUT2D eigenvalue weighted by molar-refractivity contribution is -0.137. The summed E-state index contributed by atoms with van der Waals surface area (Å²) in [6, 6.07) is 9.60. The fraction of sp³-hybridized carbons (Fsp3) is 0.467. The number of hydrogen-bond donors (Lipinski definition) is 2. The zero-order valence-corrected chi connectivity index (χ0v) is 12.0. The first-order chi connectivity index (χ1) is 9.52. The number of carbonyl (C=O) groups is 2. The SMILES string of the molecule is CC(C)N(C(=O)CNCCCC(=O)O)c1ccccc1. The van der Waals surface area contributed by atoms with Crippen molar-refractivity contribution in [1.29, 1.82) is 0 Å². The number of carboxylic acids is 1. The third-order valence-electron chi connectivity index (χ3n) is 2.84. The molecule has 0 bridgehead atoms. The monoisotopic (exact) mass is 278 g/mol. The quantitative estimate of drug-likeness (QED) is 0.712. The van der Waals surface area contributed by atoms with Gasteiger partial charge >= 0.3 is 5.97 Å². The van der Waals surface area contributed by atoms with Gasteiger partial charge in [-0.25, -0.2) is 0 Å². The van der Waals surface area contributed by atoms with Gasteiger partial charge < -0.3 is 15.3 Å². The van der Waals surface area contributed by atoms with Crippen molar-refractivity contribution in [2.24, 2.45) is 0 Å². The van der Waals surface area contributed by atoms with Crippen LogP contribution in [0.4, 0.5) is 5.69 Å². The molecule has 1 aromatic carbocycles. The molecular formula is C15H22N2O3. The van der Waals surface area contributed by atoms with Gasteiger partial charge in [-0.1, -0.05) is 18.2 Å². The first-order valence-electron chi connectivity index (χ1n) is 6.82. The Balaban J connectivity index is 2.48. The van der Waals surface area contributed by atoms with Crippen LogP contribution in [0.3, 0.4) is 0 Å². The van der Waals surface area contributed by atoms with E-state index in [0.29, 0.717) is 13.0 Å². The van der Waals surface area contributed by atoms with Gasteiger partial charge in [0.2, 0.25) is 5.91 Å². The second-order valence-corrected chi connectivity index (χ2v) is 4.87. The molecule has 0 radical (unpaired) electrons. The molecule has 0 aliphatic carbocycles. The second-order valence-electron chi connectivity index (χ2n) is 4.87. The van der Waals surface area contributed by atoms with E-state index in [9.17, 15) is 9.59 Å². The van der Waals surface area contributed by atoms with E-state index in [1.807, 2.05) is 44.2 Å². The number of benzene rings is 1. The molecule has 5 nitrogen and oxygen atoms in total. The van der Waals surface area contributed by atoms with E-state index in [1.54, 1.807) is 4.90 Å². The van der Waals surface area contributed by atoms with Gasteiger partial charge in [-0.3, -0.25) is 9.59 Å². The van der Waals surface area contributed by atoms with E-state index in [4.69, 9.17) is 5.11 Å². The number of hydrogen-bond acceptors (Lipinski definition) is 3. The molecule has 20 heavy (non-hydrogen) atoms. The van der Waals surface area contributed by atoms with Crippen LogP contribution in [0.25, 0.3) is 0 Å². The van der Waals surface area contributed by atoms with Crippen LogP contribution in [0.5, 0.6) is 0 Å². The van der Waals surface area contributed by atoms with Gasteiger partial charge in [-0.2, -0.15) is 0 Å². The number of para-hydroxylation sites is 1. The summed E-state index contributed by atoms with van der Waals surface area (Å²) < 4.78 is 0. The average molecular weight is 278 g/mol. The first kappa shape index (κ1) is 16.2. The molecule has 1 amide bonds. The lowest BCUT2D eigenvalue weighted by atomic mass is 10.2. The highest BCUT2D eigenvalue weighted by Crippen LogP contribution is 2.16. The third-order valence-corrected chi connectivity index (χ3v) is 2.84. The van der Waals surface area contributed by atoms with Crippen molar-refractivity contribution in [3.8, 4) is 0 Å². The Morgan fingerprint density at radius 3 is 2.45 bits per heavy atom. The van der Waals surface area contributed by atoms with Crippen molar-refractivity contribution in [1.82, 2.24) is 5.32 Å². The van der Waals surface area contributed by atoms with Gasteiger partial charge in [0.1, 0.15) is 0 Å². The zero-order valence-electron chi connectivity index (χ0n) is 12.0. The summed E-state index contributed by atoms with van der Waals surface area (Å²) in [5.41, 5.74) is 0.875. The molecule has 0 saturated carbocycles. The van der Waals surface area contributed by atoms with Crippen LogP contribution in [-0.2, 0) is 9.59 Å². The molecule has 0 atom stereocenters. The summed E-state index contributed by atoms with van der Waals surface area (Å²) in [6.45, 7) is 4.68. The number of rotatable bonds is 8. The molecule has 5 heteroatoms. The number of carbonyl (C=O) groups excluding carboxylic acids is 1.